The molecule has 2 bridgehead atoms. The summed E-state index contributed by atoms with van der Waals surface area (Å²) < 4.78 is 5.23. The van der Waals surface area contributed by atoms with Crippen molar-refractivity contribution in [2.75, 3.05) is 24.3 Å². The molecule has 2 aromatic heterocycles. The molecule has 3 aromatic rings. The maximum atomic E-state index is 10.9. The number of piperidine rings is 1. The number of benzene rings is 1. The standard InChI is InChI=1S/C26H29N5O2S/c1-33-25-12-17(7-8-27-25)16-3-6-21(23(32)11-16)22-15-24-26(30-29-22)31(9-2-10-34-24)20-13-18-4-5-19(14-20)28-18/h3,6-8,11-12,15,18-20,28,32H,2,4-5,9-10,13-14H2,1H3/t18-,19+,20?. The second kappa shape index (κ2) is 9.07. The number of nitrogens with zero attached hydrogens (tertiary/aromatic N) is 4. The van der Waals surface area contributed by atoms with Crippen LogP contribution in [0.25, 0.3) is 22.4 Å². The first-order chi connectivity index (χ1) is 16.7. The number of anilines is 1. The number of fused-ring (bicyclic) bond motifs is 3. The van der Waals surface area contributed by atoms with Crippen LogP contribution in [0.1, 0.15) is 32.1 Å². The lowest BCUT2D eigenvalue weighted by molar-refractivity contribution is 0.345. The number of methoxy groups -OCH3 is 1. The highest BCUT2D eigenvalue weighted by molar-refractivity contribution is 7.99. The van der Waals surface area contributed by atoms with Crippen LogP contribution in [0.4, 0.5) is 5.82 Å². The third kappa shape index (κ3) is 4.09. The largest absolute Gasteiger partial charge is 0.507 e. The molecule has 0 spiro atoms. The molecule has 0 radical (unpaired) electrons. The van der Waals surface area contributed by atoms with E-state index in [2.05, 4.69) is 26.4 Å². The van der Waals surface area contributed by atoms with Crippen LogP contribution >= 0.6 is 11.8 Å². The molecular formula is C26H29N5O2S. The highest BCUT2D eigenvalue weighted by Crippen LogP contribution is 2.40. The number of aromatic nitrogens is 3. The monoisotopic (exact) mass is 475 g/mol. The molecule has 0 aliphatic carbocycles. The van der Waals surface area contributed by atoms with E-state index in [1.165, 1.54) is 25.7 Å². The number of rotatable bonds is 4. The molecule has 2 N–H and O–H groups in total. The fourth-order valence-electron chi connectivity index (χ4n) is 5.59. The number of phenolic OH excluding ortho intramolecular Hbond substituents is 1. The molecule has 0 saturated carbocycles. The highest BCUT2D eigenvalue weighted by atomic mass is 32.2. The van der Waals surface area contributed by atoms with E-state index in [4.69, 9.17) is 9.84 Å². The van der Waals surface area contributed by atoms with Crippen molar-refractivity contribution in [3.63, 3.8) is 0 Å². The lowest BCUT2D eigenvalue weighted by Crippen LogP contribution is -2.49. The number of aromatic hydroxyl groups is 1. The Hall–Kier alpha value is -2.84. The van der Waals surface area contributed by atoms with Crippen LogP contribution < -0.4 is 15.0 Å². The van der Waals surface area contributed by atoms with Crippen molar-refractivity contribution in [3.05, 3.63) is 42.6 Å². The van der Waals surface area contributed by atoms with Gasteiger partial charge in [-0.2, -0.15) is 0 Å². The van der Waals surface area contributed by atoms with E-state index in [1.807, 2.05) is 36.0 Å². The number of nitrogens with one attached hydrogen (secondary N) is 1. The average molecular weight is 476 g/mol. The van der Waals surface area contributed by atoms with Gasteiger partial charge in [-0.1, -0.05) is 6.07 Å². The Morgan fingerprint density at radius 2 is 1.88 bits per heavy atom. The maximum Gasteiger partial charge on any atom is 0.213 e. The van der Waals surface area contributed by atoms with Gasteiger partial charge in [-0.05, 0) is 73.2 Å². The topological polar surface area (TPSA) is 83.4 Å². The Labute approximate surface area is 204 Å². The molecule has 7 nitrogen and oxygen atoms in total. The number of hydrogen-bond acceptors (Lipinski definition) is 8. The van der Waals surface area contributed by atoms with Gasteiger partial charge in [0.1, 0.15) is 5.75 Å². The van der Waals surface area contributed by atoms with Gasteiger partial charge in [0.2, 0.25) is 5.88 Å². The molecule has 5 heterocycles. The van der Waals surface area contributed by atoms with Crippen molar-refractivity contribution in [1.82, 2.24) is 20.5 Å². The minimum atomic E-state index is 0.188. The first-order valence-corrected chi connectivity index (χ1v) is 13.0. The van der Waals surface area contributed by atoms with Crippen molar-refractivity contribution < 1.29 is 9.84 Å². The quantitative estimate of drug-likeness (QED) is 0.571. The molecule has 6 rings (SSSR count). The van der Waals surface area contributed by atoms with Gasteiger partial charge in [0.05, 0.1) is 17.7 Å². The second-order valence-corrected chi connectivity index (χ2v) is 10.5. The van der Waals surface area contributed by atoms with E-state index in [0.29, 0.717) is 35.3 Å². The lowest BCUT2D eigenvalue weighted by Gasteiger charge is -2.38. The fraction of sp³-hybridized carbons (Fsp3) is 0.423. The molecular weight excluding hydrogens is 446 g/mol. The number of thioether (sulfide) groups is 1. The SMILES string of the molecule is COc1cc(-c2ccc(-c3cc4c(nn3)N(C3C[C@H]5CC[C@@H](C3)N5)CCCS4)c(O)c2)ccn1. The second-order valence-electron chi connectivity index (χ2n) is 9.39. The van der Waals surface area contributed by atoms with Gasteiger partial charge in [-0.25, -0.2) is 4.98 Å². The summed E-state index contributed by atoms with van der Waals surface area (Å²) in [4.78, 5) is 7.83. The van der Waals surface area contributed by atoms with Crippen molar-refractivity contribution in [2.45, 2.75) is 55.1 Å². The Balaban J connectivity index is 1.30. The van der Waals surface area contributed by atoms with E-state index in [0.717, 1.165) is 40.6 Å². The predicted molar refractivity (Wildman–Crippen MR) is 135 cm³/mol. The summed E-state index contributed by atoms with van der Waals surface area (Å²) >= 11 is 1.85. The zero-order valence-corrected chi connectivity index (χ0v) is 20.1. The molecule has 2 fully saturated rings. The van der Waals surface area contributed by atoms with Gasteiger partial charge in [-0.15, -0.1) is 22.0 Å². The molecule has 8 heteroatoms. The van der Waals surface area contributed by atoms with Crippen LogP contribution in [-0.2, 0) is 0 Å². The van der Waals surface area contributed by atoms with Gasteiger partial charge in [-0.3, -0.25) is 0 Å². The normalized spacial score (nSPS) is 23.9. The maximum absolute atomic E-state index is 10.9. The van der Waals surface area contributed by atoms with Crippen LogP contribution in [0, 0.1) is 0 Å². The predicted octanol–water partition coefficient (Wildman–Crippen LogP) is 4.51. The highest BCUT2D eigenvalue weighted by Gasteiger charge is 2.37. The fourth-order valence-corrected chi connectivity index (χ4v) is 6.57. The molecule has 176 valence electrons. The Kier molecular flexibility index (Phi) is 5.79. The third-order valence-corrected chi connectivity index (χ3v) is 8.36. The summed E-state index contributed by atoms with van der Waals surface area (Å²) in [5.41, 5.74) is 3.22. The summed E-state index contributed by atoms with van der Waals surface area (Å²) in [6.45, 7) is 1.04. The van der Waals surface area contributed by atoms with Gasteiger partial charge in [0.15, 0.2) is 5.82 Å². The molecule has 1 aromatic carbocycles. The first kappa shape index (κ1) is 21.7. The zero-order valence-electron chi connectivity index (χ0n) is 19.3. The van der Waals surface area contributed by atoms with Crippen LogP contribution in [0.5, 0.6) is 11.6 Å². The van der Waals surface area contributed by atoms with Gasteiger partial charge in [0, 0.05) is 42.5 Å². The Bertz CT molecular complexity index is 1190. The van der Waals surface area contributed by atoms with Gasteiger partial charge >= 0.3 is 0 Å². The first-order valence-electron chi connectivity index (χ1n) is 12.0. The molecule has 34 heavy (non-hydrogen) atoms. The summed E-state index contributed by atoms with van der Waals surface area (Å²) in [7, 11) is 1.60. The van der Waals surface area contributed by atoms with Crippen molar-refractivity contribution in [1.29, 1.82) is 0 Å². The molecule has 3 aliphatic heterocycles. The number of hydrogen-bond donors (Lipinski definition) is 2. The van der Waals surface area contributed by atoms with Gasteiger partial charge in [0.25, 0.3) is 0 Å². The van der Waals surface area contributed by atoms with Crippen LogP contribution in [0.2, 0.25) is 0 Å². The number of pyridine rings is 1. The van der Waals surface area contributed by atoms with E-state index in [-0.39, 0.29) is 5.75 Å². The molecule has 0 amide bonds. The van der Waals surface area contributed by atoms with E-state index in [9.17, 15) is 5.11 Å². The van der Waals surface area contributed by atoms with Crippen LogP contribution in [0.15, 0.2) is 47.5 Å². The molecule has 3 aliphatic rings. The van der Waals surface area contributed by atoms with Gasteiger partial charge < -0.3 is 20.1 Å². The number of ether oxygens (including phenoxy) is 1. The van der Waals surface area contributed by atoms with Crippen molar-refractivity contribution in [2.24, 2.45) is 0 Å². The molecule has 1 unspecified atom stereocenters. The van der Waals surface area contributed by atoms with E-state index in [1.54, 1.807) is 19.4 Å². The summed E-state index contributed by atoms with van der Waals surface area (Å²) in [6, 6.07) is 13.3. The molecule has 3 atom stereocenters. The van der Waals surface area contributed by atoms with E-state index >= 15 is 0 Å². The van der Waals surface area contributed by atoms with Crippen molar-refractivity contribution in [3.8, 4) is 34.0 Å². The summed E-state index contributed by atoms with van der Waals surface area (Å²) in [5.74, 6) is 2.81. The van der Waals surface area contributed by atoms with Crippen LogP contribution in [-0.4, -0.2) is 57.8 Å². The zero-order chi connectivity index (χ0) is 23.1. The third-order valence-electron chi connectivity index (χ3n) is 7.25. The number of phenols is 1. The lowest BCUT2D eigenvalue weighted by atomic mass is 9.98. The van der Waals surface area contributed by atoms with Crippen molar-refractivity contribution >= 4 is 17.6 Å². The minimum Gasteiger partial charge on any atom is -0.507 e. The summed E-state index contributed by atoms with van der Waals surface area (Å²) in [6.07, 6.45) is 7.81. The summed E-state index contributed by atoms with van der Waals surface area (Å²) in [5, 5.41) is 23.9. The van der Waals surface area contributed by atoms with Crippen LogP contribution in [0.3, 0.4) is 0 Å². The molecule has 2 saturated heterocycles. The minimum absolute atomic E-state index is 0.188. The van der Waals surface area contributed by atoms with E-state index < -0.39 is 0 Å². The Morgan fingerprint density at radius 3 is 2.68 bits per heavy atom. The Morgan fingerprint density at radius 1 is 1.06 bits per heavy atom. The smallest absolute Gasteiger partial charge is 0.213 e. The average Bonchev–Trinajstić information content (AvgIpc) is 3.07.